The molecule has 1 unspecified atom stereocenters. The lowest BCUT2D eigenvalue weighted by atomic mass is 9.93. The van der Waals surface area contributed by atoms with E-state index in [1.54, 1.807) is 29.4 Å². The fourth-order valence-corrected chi connectivity index (χ4v) is 5.41. The van der Waals surface area contributed by atoms with Crippen LogP contribution in [0.5, 0.6) is 5.75 Å². The Morgan fingerprint density at radius 3 is 2.64 bits per heavy atom. The average Bonchev–Trinajstić information content (AvgIpc) is 3.57. The van der Waals surface area contributed by atoms with Gasteiger partial charge in [-0.05, 0) is 72.2 Å². The number of carbonyl (C=O) groups excluding carboxylic acids is 2. The molecule has 5 rings (SSSR count). The lowest BCUT2D eigenvalue weighted by molar-refractivity contribution is -0.134. The molecule has 2 heterocycles. The number of thiophene rings is 1. The number of hydrogen-bond donors (Lipinski definition) is 0. The standard InChI is InChI=1S/C26H25FN2O3S/c1-32-21-9-5-17(6-10-21)25-22-12-14-33-23(22)11-13-28(25)24(30)16-29(20-7-8-20)26(31)18-3-2-4-19(27)15-18/h2-6,9-10,12,14-15,20,25H,7-8,11,13,16H2,1H3. The molecule has 1 aliphatic carbocycles. The molecule has 5 nitrogen and oxygen atoms in total. The van der Waals surface area contributed by atoms with Crippen LogP contribution in [-0.2, 0) is 11.2 Å². The fourth-order valence-electron chi connectivity index (χ4n) is 4.51. The van der Waals surface area contributed by atoms with Gasteiger partial charge in [0.15, 0.2) is 0 Å². The van der Waals surface area contributed by atoms with Crippen molar-refractivity contribution < 1.29 is 18.7 Å². The Morgan fingerprint density at radius 1 is 1.15 bits per heavy atom. The van der Waals surface area contributed by atoms with Gasteiger partial charge in [0.2, 0.25) is 5.91 Å². The smallest absolute Gasteiger partial charge is 0.254 e. The van der Waals surface area contributed by atoms with Gasteiger partial charge in [-0.15, -0.1) is 11.3 Å². The molecule has 33 heavy (non-hydrogen) atoms. The van der Waals surface area contributed by atoms with Crippen molar-refractivity contribution in [2.24, 2.45) is 0 Å². The molecule has 0 saturated heterocycles. The van der Waals surface area contributed by atoms with E-state index in [-0.39, 0.29) is 36.0 Å². The van der Waals surface area contributed by atoms with Gasteiger partial charge < -0.3 is 14.5 Å². The predicted octanol–water partition coefficient (Wildman–Crippen LogP) is 4.67. The van der Waals surface area contributed by atoms with Crippen LogP contribution in [0, 0.1) is 5.82 Å². The number of halogens is 1. The van der Waals surface area contributed by atoms with E-state index < -0.39 is 5.82 Å². The van der Waals surface area contributed by atoms with E-state index >= 15 is 0 Å². The SMILES string of the molecule is COc1ccc(C2c3ccsc3CCN2C(=O)CN(C(=O)c2cccc(F)c2)C2CC2)cc1. The third kappa shape index (κ3) is 4.37. The number of ether oxygens (including phenoxy) is 1. The van der Waals surface area contributed by atoms with Gasteiger partial charge in [0.05, 0.1) is 13.2 Å². The highest BCUT2D eigenvalue weighted by atomic mass is 32.1. The minimum Gasteiger partial charge on any atom is -0.497 e. The Bertz CT molecular complexity index is 1170. The molecule has 3 aromatic rings. The van der Waals surface area contributed by atoms with Gasteiger partial charge in [-0.3, -0.25) is 9.59 Å². The Balaban J connectivity index is 1.42. The molecule has 1 fully saturated rings. The number of methoxy groups -OCH3 is 1. The molecule has 7 heteroatoms. The molecular weight excluding hydrogens is 439 g/mol. The number of nitrogens with zero attached hydrogens (tertiary/aromatic N) is 2. The van der Waals surface area contributed by atoms with E-state index in [0.717, 1.165) is 36.1 Å². The van der Waals surface area contributed by atoms with Gasteiger partial charge >= 0.3 is 0 Å². The van der Waals surface area contributed by atoms with Gasteiger partial charge in [0, 0.05) is 23.0 Å². The number of carbonyl (C=O) groups is 2. The summed E-state index contributed by atoms with van der Waals surface area (Å²) in [6.45, 7) is 0.585. The van der Waals surface area contributed by atoms with Crippen LogP contribution in [0.1, 0.15) is 45.2 Å². The van der Waals surface area contributed by atoms with Crippen molar-refractivity contribution in [1.82, 2.24) is 9.80 Å². The molecule has 2 amide bonds. The van der Waals surface area contributed by atoms with Crippen LogP contribution in [-0.4, -0.2) is 47.9 Å². The number of rotatable bonds is 6. The summed E-state index contributed by atoms with van der Waals surface area (Å²) in [6, 6.07) is 15.4. The molecule has 0 N–H and O–H groups in total. The second-order valence-corrected chi connectivity index (χ2v) is 9.49. The Morgan fingerprint density at radius 2 is 1.94 bits per heavy atom. The molecular formula is C26H25FN2O3S. The highest BCUT2D eigenvalue weighted by Crippen LogP contribution is 2.39. The lowest BCUT2D eigenvalue weighted by Crippen LogP contribution is -2.47. The van der Waals surface area contributed by atoms with Crippen molar-refractivity contribution in [3.05, 3.63) is 87.4 Å². The van der Waals surface area contributed by atoms with Gasteiger partial charge in [-0.1, -0.05) is 18.2 Å². The second-order valence-electron chi connectivity index (χ2n) is 8.49. The molecule has 1 atom stereocenters. The molecule has 0 spiro atoms. The summed E-state index contributed by atoms with van der Waals surface area (Å²) in [5, 5.41) is 2.07. The maximum absolute atomic E-state index is 13.7. The topological polar surface area (TPSA) is 49.9 Å². The van der Waals surface area contributed by atoms with Gasteiger partial charge in [-0.2, -0.15) is 0 Å². The average molecular weight is 465 g/mol. The number of amides is 2. The summed E-state index contributed by atoms with van der Waals surface area (Å²) >= 11 is 1.71. The van der Waals surface area contributed by atoms with Crippen LogP contribution in [0.4, 0.5) is 4.39 Å². The minimum atomic E-state index is -0.455. The molecule has 170 valence electrons. The molecule has 2 aliphatic rings. The second kappa shape index (κ2) is 8.98. The first-order valence-corrected chi connectivity index (χ1v) is 12.0. The van der Waals surface area contributed by atoms with Crippen molar-refractivity contribution >= 4 is 23.2 Å². The van der Waals surface area contributed by atoms with Crippen molar-refractivity contribution in [2.75, 3.05) is 20.2 Å². The molecule has 1 aliphatic heterocycles. The van der Waals surface area contributed by atoms with Crippen LogP contribution in [0.2, 0.25) is 0 Å². The molecule has 0 bridgehead atoms. The van der Waals surface area contributed by atoms with Crippen molar-refractivity contribution in [2.45, 2.75) is 31.3 Å². The summed E-state index contributed by atoms with van der Waals surface area (Å²) in [4.78, 5) is 31.6. The van der Waals surface area contributed by atoms with E-state index in [1.807, 2.05) is 29.2 Å². The van der Waals surface area contributed by atoms with Crippen molar-refractivity contribution in [1.29, 1.82) is 0 Å². The maximum Gasteiger partial charge on any atom is 0.254 e. The van der Waals surface area contributed by atoms with Crippen LogP contribution in [0.3, 0.4) is 0 Å². The van der Waals surface area contributed by atoms with Crippen LogP contribution in [0.25, 0.3) is 0 Å². The summed E-state index contributed by atoms with van der Waals surface area (Å²) in [5.41, 5.74) is 2.43. The number of fused-ring (bicyclic) bond motifs is 1. The number of hydrogen-bond acceptors (Lipinski definition) is 4. The highest BCUT2D eigenvalue weighted by molar-refractivity contribution is 7.10. The normalized spacial score (nSPS) is 17.4. The van der Waals surface area contributed by atoms with Crippen molar-refractivity contribution in [3.63, 3.8) is 0 Å². The van der Waals surface area contributed by atoms with E-state index in [2.05, 4.69) is 11.4 Å². The quantitative estimate of drug-likeness (QED) is 0.533. The zero-order valence-electron chi connectivity index (χ0n) is 18.4. The Hall–Kier alpha value is -3.19. The molecule has 1 saturated carbocycles. The monoisotopic (exact) mass is 464 g/mol. The summed E-state index contributed by atoms with van der Waals surface area (Å²) < 4.78 is 19.0. The van der Waals surface area contributed by atoms with E-state index in [1.165, 1.54) is 23.1 Å². The molecule has 0 radical (unpaired) electrons. The first-order chi connectivity index (χ1) is 16.0. The first-order valence-electron chi connectivity index (χ1n) is 11.1. The van der Waals surface area contributed by atoms with E-state index in [4.69, 9.17) is 4.74 Å². The Kier molecular flexibility index (Phi) is 5.89. The van der Waals surface area contributed by atoms with Gasteiger partial charge in [0.25, 0.3) is 5.91 Å². The van der Waals surface area contributed by atoms with Crippen molar-refractivity contribution in [3.8, 4) is 5.75 Å². The minimum absolute atomic E-state index is 0.00780. The summed E-state index contributed by atoms with van der Waals surface area (Å²) in [6.07, 6.45) is 2.53. The third-order valence-corrected chi connectivity index (χ3v) is 7.34. The Labute approximate surface area is 196 Å². The van der Waals surface area contributed by atoms with Gasteiger partial charge in [-0.25, -0.2) is 4.39 Å². The lowest BCUT2D eigenvalue weighted by Gasteiger charge is -2.37. The zero-order valence-corrected chi connectivity index (χ0v) is 19.2. The predicted molar refractivity (Wildman–Crippen MR) is 125 cm³/mol. The first kappa shape index (κ1) is 21.6. The van der Waals surface area contributed by atoms with Crippen LogP contribution >= 0.6 is 11.3 Å². The highest BCUT2D eigenvalue weighted by Gasteiger charge is 2.38. The van der Waals surface area contributed by atoms with Crippen LogP contribution < -0.4 is 4.74 Å². The van der Waals surface area contributed by atoms with E-state index in [9.17, 15) is 14.0 Å². The largest absolute Gasteiger partial charge is 0.497 e. The summed E-state index contributed by atoms with van der Waals surface area (Å²) in [5.74, 6) is -0.0778. The van der Waals surface area contributed by atoms with E-state index in [0.29, 0.717) is 6.54 Å². The number of benzene rings is 2. The zero-order chi connectivity index (χ0) is 22.9. The third-order valence-electron chi connectivity index (χ3n) is 6.34. The van der Waals surface area contributed by atoms with Crippen LogP contribution in [0.15, 0.2) is 60.0 Å². The summed E-state index contributed by atoms with van der Waals surface area (Å²) in [7, 11) is 1.63. The van der Waals surface area contributed by atoms with Gasteiger partial charge in [0.1, 0.15) is 18.1 Å². The maximum atomic E-state index is 13.7. The molecule has 2 aromatic carbocycles. The fraction of sp³-hybridized carbons (Fsp3) is 0.308. The molecule has 1 aromatic heterocycles.